The molecular formula is C14H11Cl3FNS. The SMILES string of the molecule is Fc1c(Cl)cc(NC2CCCc3sc(Cl)cc32)cc1Cl. The summed E-state index contributed by atoms with van der Waals surface area (Å²) in [5.41, 5.74) is 1.95. The third kappa shape index (κ3) is 2.77. The predicted octanol–water partition coefficient (Wildman–Crippen LogP) is 6.34. The van der Waals surface area contributed by atoms with Crippen molar-refractivity contribution in [2.45, 2.75) is 25.3 Å². The minimum Gasteiger partial charge on any atom is -0.378 e. The highest BCUT2D eigenvalue weighted by molar-refractivity contribution is 7.16. The molecule has 3 rings (SSSR count). The van der Waals surface area contributed by atoms with E-state index in [9.17, 15) is 4.39 Å². The van der Waals surface area contributed by atoms with Gasteiger partial charge in [0.25, 0.3) is 0 Å². The maximum atomic E-state index is 13.4. The van der Waals surface area contributed by atoms with Crippen LogP contribution in [0.2, 0.25) is 14.4 Å². The van der Waals surface area contributed by atoms with Gasteiger partial charge in [0.2, 0.25) is 0 Å². The fourth-order valence-corrected chi connectivity index (χ4v) is 4.38. The van der Waals surface area contributed by atoms with Crippen LogP contribution in [-0.4, -0.2) is 0 Å². The second-order valence-corrected chi connectivity index (χ2v) is 7.35. The second-order valence-electron chi connectivity index (χ2n) is 4.77. The van der Waals surface area contributed by atoms with Gasteiger partial charge >= 0.3 is 0 Å². The van der Waals surface area contributed by atoms with E-state index in [0.29, 0.717) is 0 Å². The molecule has 1 N–H and O–H groups in total. The van der Waals surface area contributed by atoms with Crippen molar-refractivity contribution in [1.29, 1.82) is 0 Å². The van der Waals surface area contributed by atoms with Gasteiger partial charge in [-0.1, -0.05) is 34.8 Å². The first-order chi connectivity index (χ1) is 9.54. The molecule has 1 aliphatic rings. The molecule has 1 unspecified atom stereocenters. The van der Waals surface area contributed by atoms with Crippen LogP contribution in [0.25, 0.3) is 0 Å². The first-order valence-electron chi connectivity index (χ1n) is 6.24. The zero-order valence-corrected chi connectivity index (χ0v) is 13.4. The van der Waals surface area contributed by atoms with Gasteiger partial charge < -0.3 is 5.32 Å². The van der Waals surface area contributed by atoms with E-state index in [0.717, 1.165) is 29.3 Å². The van der Waals surface area contributed by atoms with Gasteiger partial charge in [0.15, 0.2) is 5.82 Å². The lowest BCUT2D eigenvalue weighted by atomic mass is 9.94. The molecule has 1 atom stereocenters. The fourth-order valence-electron chi connectivity index (χ4n) is 2.51. The summed E-state index contributed by atoms with van der Waals surface area (Å²) in [6.07, 6.45) is 3.17. The van der Waals surface area contributed by atoms with Gasteiger partial charge in [-0.3, -0.25) is 0 Å². The molecule has 20 heavy (non-hydrogen) atoms. The zero-order valence-electron chi connectivity index (χ0n) is 10.4. The molecule has 0 aliphatic heterocycles. The van der Waals surface area contributed by atoms with Crippen LogP contribution >= 0.6 is 46.1 Å². The number of nitrogens with one attached hydrogen (secondary N) is 1. The summed E-state index contributed by atoms with van der Waals surface area (Å²) >= 11 is 19.4. The van der Waals surface area contributed by atoms with Crippen molar-refractivity contribution in [2.75, 3.05) is 5.32 Å². The number of aryl methyl sites for hydroxylation is 1. The summed E-state index contributed by atoms with van der Waals surface area (Å²) < 4.78 is 14.2. The van der Waals surface area contributed by atoms with Gasteiger partial charge in [0.05, 0.1) is 20.4 Å². The van der Waals surface area contributed by atoms with Crippen molar-refractivity contribution in [3.05, 3.63) is 48.8 Å². The summed E-state index contributed by atoms with van der Waals surface area (Å²) in [6.45, 7) is 0. The van der Waals surface area contributed by atoms with E-state index in [4.69, 9.17) is 34.8 Å². The summed E-state index contributed by atoms with van der Waals surface area (Å²) in [6, 6.07) is 5.29. The number of thiophene rings is 1. The fraction of sp³-hybridized carbons (Fsp3) is 0.286. The van der Waals surface area contributed by atoms with Gasteiger partial charge in [-0.25, -0.2) is 4.39 Å². The lowest BCUT2D eigenvalue weighted by Gasteiger charge is -2.25. The Morgan fingerprint density at radius 3 is 2.55 bits per heavy atom. The van der Waals surface area contributed by atoms with Crippen LogP contribution in [0.4, 0.5) is 10.1 Å². The number of hydrogen-bond donors (Lipinski definition) is 1. The summed E-state index contributed by atoms with van der Waals surface area (Å²) in [5, 5.41) is 3.43. The highest BCUT2D eigenvalue weighted by Crippen LogP contribution is 2.40. The Labute approximate surface area is 135 Å². The third-order valence-electron chi connectivity index (χ3n) is 3.41. The largest absolute Gasteiger partial charge is 0.378 e. The minimum absolute atomic E-state index is 0.0272. The Morgan fingerprint density at radius 2 is 1.85 bits per heavy atom. The van der Waals surface area contributed by atoms with Gasteiger partial charge in [-0.15, -0.1) is 11.3 Å². The van der Waals surface area contributed by atoms with Crippen LogP contribution < -0.4 is 5.32 Å². The molecule has 0 amide bonds. The Morgan fingerprint density at radius 1 is 1.15 bits per heavy atom. The highest BCUT2D eigenvalue weighted by Gasteiger charge is 2.23. The Hall–Kier alpha value is -0.480. The Balaban J connectivity index is 1.89. The third-order valence-corrected chi connectivity index (χ3v) is 5.30. The molecule has 1 aromatic heterocycles. The van der Waals surface area contributed by atoms with Crippen LogP contribution in [0.5, 0.6) is 0 Å². The second kappa shape index (κ2) is 5.72. The molecule has 2 aromatic rings. The molecule has 106 valence electrons. The molecule has 0 bridgehead atoms. The summed E-state index contributed by atoms with van der Waals surface area (Å²) in [4.78, 5) is 1.32. The lowest BCUT2D eigenvalue weighted by Crippen LogP contribution is -2.15. The molecule has 6 heteroatoms. The summed E-state index contributed by atoms with van der Waals surface area (Å²) in [7, 11) is 0. The average molecular weight is 351 g/mol. The van der Waals surface area contributed by atoms with Crippen LogP contribution in [0.3, 0.4) is 0 Å². The van der Waals surface area contributed by atoms with E-state index >= 15 is 0 Å². The molecule has 0 spiro atoms. The van der Waals surface area contributed by atoms with Gasteiger partial charge in [0.1, 0.15) is 0 Å². The first-order valence-corrected chi connectivity index (χ1v) is 8.19. The molecule has 0 saturated carbocycles. The van der Waals surface area contributed by atoms with E-state index in [1.54, 1.807) is 23.5 Å². The first kappa shape index (κ1) is 14.5. The van der Waals surface area contributed by atoms with Crippen molar-refractivity contribution >= 4 is 51.8 Å². The van der Waals surface area contributed by atoms with Crippen LogP contribution in [0.1, 0.15) is 29.3 Å². The van der Waals surface area contributed by atoms with Gasteiger partial charge in [-0.05, 0) is 43.0 Å². The number of rotatable bonds is 2. The van der Waals surface area contributed by atoms with Gasteiger partial charge in [-0.2, -0.15) is 0 Å². The molecule has 0 radical (unpaired) electrons. The topological polar surface area (TPSA) is 12.0 Å². The van der Waals surface area contributed by atoms with Gasteiger partial charge in [0, 0.05) is 10.6 Å². The lowest BCUT2D eigenvalue weighted by molar-refractivity contribution is 0.607. The van der Waals surface area contributed by atoms with Crippen molar-refractivity contribution in [1.82, 2.24) is 0 Å². The van der Waals surface area contributed by atoms with Crippen LogP contribution in [-0.2, 0) is 6.42 Å². The molecule has 1 nitrogen and oxygen atoms in total. The molecule has 0 saturated heterocycles. The van der Waals surface area contributed by atoms with Crippen molar-refractivity contribution in [2.24, 2.45) is 0 Å². The number of benzene rings is 1. The maximum Gasteiger partial charge on any atom is 0.160 e. The quantitative estimate of drug-likeness (QED) is 0.623. The van der Waals surface area contributed by atoms with Crippen molar-refractivity contribution < 1.29 is 4.39 Å². The molecule has 1 aliphatic carbocycles. The Kier molecular flexibility index (Phi) is 4.14. The van der Waals surface area contributed by atoms with Crippen molar-refractivity contribution in [3.63, 3.8) is 0 Å². The maximum absolute atomic E-state index is 13.4. The Bertz CT molecular complexity index is 633. The monoisotopic (exact) mass is 349 g/mol. The standard InChI is InChI=1S/C14H11Cl3FNS/c15-9-4-7(5-10(16)14(9)18)19-11-2-1-3-12-8(11)6-13(17)20-12/h4-6,11,19H,1-3H2. The zero-order chi connectivity index (χ0) is 14.3. The van der Waals surface area contributed by atoms with E-state index < -0.39 is 5.82 Å². The number of anilines is 1. The predicted molar refractivity (Wildman–Crippen MR) is 85.1 cm³/mol. The number of hydrogen-bond acceptors (Lipinski definition) is 2. The minimum atomic E-state index is -0.582. The smallest absolute Gasteiger partial charge is 0.160 e. The van der Waals surface area contributed by atoms with Crippen LogP contribution in [0.15, 0.2) is 18.2 Å². The number of fused-ring (bicyclic) bond motifs is 1. The number of halogens is 4. The van der Waals surface area contributed by atoms with E-state index in [-0.39, 0.29) is 16.1 Å². The highest BCUT2D eigenvalue weighted by atomic mass is 35.5. The van der Waals surface area contributed by atoms with E-state index in [2.05, 4.69) is 5.32 Å². The van der Waals surface area contributed by atoms with Crippen molar-refractivity contribution in [3.8, 4) is 0 Å². The molecule has 1 heterocycles. The molecular weight excluding hydrogens is 340 g/mol. The molecule has 1 aromatic carbocycles. The molecule has 0 fully saturated rings. The normalized spacial score (nSPS) is 17.9. The van der Waals surface area contributed by atoms with Crippen LogP contribution in [0, 0.1) is 5.82 Å². The van der Waals surface area contributed by atoms with E-state index in [1.807, 2.05) is 6.07 Å². The summed E-state index contributed by atoms with van der Waals surface area (Å²) in [5.74, 6) is -0.582. The average Bonchev–Trinajstić information content (AvgIpc) is 2.77. The van der Waals surface area contributed by atoms with E-state index in [1.165, 1.54) is 10.4 Å².